The van der Waals surface area contributed by atoms with Crippen LogP contribution in [0, 0.1) is 28.9 Å². The minimum absolute atomic E-state index is 0.0288. The smallest absolute Gasteiger partial charge is 0.301 e. The van der Waals surface area contributed by atoms with Crippen molar-refractivity contribution in [1.82, 2.24) is 39.4 Å². The number of hydrogen-bond donors (Lipinski definition) is 3. The number of amides is 3. The van der Waals surface area contributed by atoms with Crippen LogP contribution in [0.3, 0.4) is 0 Å². The van der Waals surface area contributed by atoms with Gasteiger partial charge in [0.25, 0.3) is 11.5 Å². The van der Waals surface area contributed by atoms with Crippen molar-refractivity contribution in [1.29, 1.82) is 5.26 Å². The van der Waals surface area contributed by atoms with Gasteiger partial charge in [0.1, 0.15) is 41.7 Å². The number of nitrogens with zero attached hydrogens (tertiary/aromatic N) is 9. The van der Waals surface area contributed by atoms with Gasteiger partial charge in [-0.15, -0.1) is 0 Å². The van der Waals surface area contributed by atoms with Crippen LogP contribution < -0.4 is 35.5 Å². The van der Waals surface area contributed by atoms with Gasteiger partial charge >= 0.3 is 10.2 Å². The highest BCUT2D eigenvalue weighted by Gasteiger charge is 2.33. The van der Waals surface area contributed by atoms with Crippen molar-refractivity contribution in [2.75, 3.05) is 73.4 Å². The molecule has 4 aliphatic rings. The Hall–Kier alpha value is -7.16. The molecule has 0 spiro atoms. The summed E-state index contributed by atoms with van der Waals surface area (Å²) in [5, 5.41) is 14.8. The second-order valence-corrected chi connectivity index (χ2v) is 18.7. The lowest BCUT2D eigenvalue weighted by atomic mass is 9.95. The number of carbonyl (C=O) groups is 3. The van der Waals surface area contributed by atoms with Gasteiger partial charge < -0.3 is 19.9 Å². The number of imide groups is 1. The Morgan fingerprint density at radius 1 is 0.868 bits per heavy atom. The Bertz CT molecular complexity index is 2990. The number of piperazine rings is 1. The Morgan fingerprint density at radius 3 is 2.32 bits per heavy atom. The van der Waals surface area contributed by atoms with Crippen molar-refractivity contribution in [2.45, 2.75) is 44.3 Å². The number of nitrogens with one attached hydrogen (secondary N) is 3. The number of fused-ring (bicyclic) bond motifs is 1. The van der Waals surface area contributed by atoms with Gasteiger partial charge in [0.15, 0.2) is 11.6 Å². The lowest BCUT2D eigenvalue weighted by Gasteiger charge is -2.39. The van der Waals surface area contributed by atoms with Gasteiger partial charge in [0.2, 0.25) is 17.8 Å². The van der Waals surface area contributed by atoms with Crippen LogP contribution in [0.25, 0.3) is 16.6 Å². The SMILES string of the molecule is N#Cc1c(NS(=O)(=O)N2CC[C@@H](F)C2)ccc(F)c1Oc1ccc2ncn(-c3cnc(N4CCN(CC5CCN(c6ccc(F)c(C(=O)NC7CCC(=O)NC7=O)c6)CC5)CC4)nc3)c(=O)c2c1. The number of carbonyl (C=O) groups excluding carboxylic acids is 3. The molecule has 4 aliphatic heterocycles. The van der Waals surface area contributed by atoms with Crippen LogP contribution in [0.4, 0.5) is 30.5 Å². The first-order chi connectivity index (χ1) is 32.7. The van der Waals surface area contributed by atoms with E-state index in [1.807, 2.05) is 0 Å². The highest BCUT2D eigenvalue weighted by Crippen LogP contribution is 2.35. The molecular weight excluding hydrogens is 910 g/mol. The van der Waals surface area contributed by atoms with E-state index in [0.29, 0.717) is 36.2 Å². The molecule has 3 amide bonds. The highest BCUT2D eigenvalue weighted by atomic mass is 32.2. The lowest BCUT2D eigenvalue weighted by Crippen LogP contribution is -2.52. The van der Waals surface area contributed by atoms with Gasteiger partial charge in [0.05, 0.1) is 40.2 Å². The Labute approximate surface area is 387 Å². The molecule has 4 fully saturated rings. The average molecular weight is 955 g/mol. The molecule has 0 saturated carbocycles. The fraction of sp³-hybridized carbons (Fsp3) is 0.378. The second-order valence-electron chi connectivity index (χ2n) is 17.1. The maximum atomic E-state index is 15.2. The highest BCUT2D eigenvalue weighted by molar-refractivity contribution is 7.90. The number of hydrogen-bond acceptors (Lipinski definition) is 14. The largest absolute Gasteiger partial charge is 0.453 e. The number of halogens is 3. The molecule has 5 aromatic rings. The Balaban J connectivity index is 0.788. The number of ether oxygens (including phenoxy) is 1. The predicted octanol–water partition coefficient (Wildman–Crippen LogP) is 3.39. The van der Waals surface area contributed by atoms with Crippen LogP contribution >= 0.6 is 0 Å². The van der Waals surface area contributed by atoms with E-state index < -0.39 is 68.7 Å². The van der Waals surface area contributed by atoms with E-state index in [0.717, 1.165) is 67.7 Å². The molecule has 2 atom stereocenters. The van der Waals surface area contributed by atoms with Crippen LogP contribution in [0.1, 0.15) is 48.0 Å². The molecule has 68 heavy (non-hydrogen) atoms. The Morgan fingerprint density at radius 2 is 1.62 bits per heavy atom. The Kier molecular flexibility index (Phi) is 13.0. The number of alkyl halides is 1. The molecule has 3 aromatic carbocycles. The zero-order chi connectivity index (χ0) is 47.7. The van der Waals surface area contributed by atoms with Crippen molar-refractivity contribution in [3.63, 3.8) is 0 Å². The van der Waals surface area contributed by atoms with Gasteiger partial charge in [-0.3, -0.25) is 38.7 Å². The zero-order valence-corrected chi connectivity index (χ0v) is 37.2. The van der Waals surface area contributed by atoms with Crippen LogP contribution in [0.2, 0.25) is 0 Å². The van der Waals surface area contributed by atoms with Gasteiger partial charge in [-0.05, 0) is 80.1 Å². The first-order valence-electron chi connectivity index (χ1n) is 22.1. The van der Waals surface area contributed by atoms with Crippen LogP contribution in [0.5, 0.6) is 11.5 Å². The van der Waals surface area contributed by atoms with E-state index in [9.17, 15) is 41.6 Å². The van der Waals surface area contributed by atoms with Crippen molar-refractivity contribution in [2.24, 2.45) is 5.92 Å². The molecule has 354 valence electrons. The van der Waals surface area contributed by atoms with Gasteiger partial charge in [-0.2, -0.15) is 18.0 Å². The van der Waals surface area contributed by atoms with Crippen LogP contribution in [0.15, 0.2) is 72.0 Å². The van der Waals surface area contributed by atoms with Crippen molar-refractivity contribution in [3.8, 4) is 23.3 Å². The predicted molar refractivity (Wildman–Crippen MR) is 241 cm³/mol. The van der Waals surface area contributed by atoms with Gasteiger partial charge in [-0.1, -0.05) is 0 Å². The topological polar surface area (TPSA) is 228 Å². The van der Waals surface area contributed by atoms with Crippen molar-refractivity contribution < 1.29 is 40.7 Å². The van der Waals surface area contributed by atoms with E-state index in [2.05, 4.69) is 45.0 Å². The molecule has 9 rings (SSSR count). The maximum absolute atomic E-state index is 15.2. The van der Waals surface area contributed by atoms with Crippen molar-refractivity contribution >= 4 is 56.2 Å². The number of benzene rings is 3. The summed E-state index contributed by atoms with van der Waals surface area (Å²) in [5.74, 6) is -3.05. The second kappa shape index (κ2) is 19.2. The molecule has 0 aliphatic carbocycles. The average Bonchev–Trinajstić information content (AvgIpc) is 3.79. The standard InChI is InChI=1S/C45H45F3N12O7S/c46-28-11-14-59(25-28)68(65,66)55-38-6-4-36(48)41(34(38)21-49)67-31-2-5-37-33(20-31)44(64)60(26-52-37)30-22-50-45(51-23-30)58-17-15-56(16-18-58)24-27-9-12-57(13-10-27)29-1-3-35(47)32(19-29)42(62)53-39-7-8-40(61)54-43(39)63/h1-6,19-20,22-23,26-28,39,55H,7-18,24-25H2,(H,53,62)(H,54,61,63)/t28-,39?/m1/s1. The molecule has 0 radical (unpaired) electrons. The summed E-state index contributed by atoms with van der Waals surface area (Å²) < 4.78 is 79.6. The van der Waals surface area contributed by atoms with E-state index in [1.54, 1.807) is 12.1 Å². The molecular formula is C45H45F3N12O7S. The lowest BCUT2D eigenvalue weighted by molar-refractivity contribution is -0.134. The quantitative estimate of drug-likeness (QED) is 0.153. The molecule has 19 nitrogen and oxygen atoms in total. The maximum Gasteiger partial charge on any atom is 0.301 e. The van der Waals surface area contributed by atoms with Crippen LogP contribution in [-0.2, 0) is 19.8 Å². The van der Waals surface area contributed by atoms with E-state index in [-0.39, 0.29) is 54.7 Å². The van der Waals surface area contributed by atoms with Crippen molar-refractivity contribution in [3.05, 3.63) is 100 Å². The van der Waals surface area contributed by atoms with Crippen LogP contribution in [-0.4, -0.2) is 126 Å². The van der Waals surface area contributed by atoms with Gasteiger partial charge in [0, 0.05) is 71.0 Å². The summed E-state index contributed by atoms with van der Waals surface area (Å²) in [6.07, 6.45) is 5.13. The first-order valence-corrected chi connectivity index (χ1v) is 23.5. The molecule has 3 N–H and O–H groups in total. The normalized spacial score (nSPS) is 19.7. The monoisotopic (exact) mass is 954 g/mol. The molecule has 4 saturated heterocycles. The zero-order valence-electron chi connectivity index (χ0n) is 36.4. The summed E-state index contributed by atoms with van der Waals surface area (Å²) in [4.78, 5) is 70.4. The number of nitriles is 1. The van der Waals surface area contributed by atoms with E-state index in [1.165, 1.54) is 53.6 Å². The minimum Gasteiger partial charge on any atom is -0.453 e. The molecule has 1 unspecified atom stereocenters. The summed E-state index contributed by atoms with van der Waals surface area (Å²) in [5.41, 5.74) is -0.0232. The minimum atomic E-state index is -4.26. The third-order valence-corrected chi connectivity index (χ3v) is 14.1. The van der Waals surface area contributed by atoms with E-state index >= 15 is 4.39 Å². The third kappa shape index (κ3) is 9.78. The molecule has 0 bridgehead atoms. The fourth-order valence-corrected chi connectivity index (χ4v) is 10.1. The number of rotatable bonds is 12. The molecule has 6 heterocycles. The summed E-state index contributed by atoms with van der Waals surface area (Å²) in [6.45, 7) is 4.88. The number of anilines is 3. The number of aromatic nitrogens is 4. The first kappa shape index (κ1) is 46.0. The summed E-state index contributed by atoms with van der Waals surface area (Å²) in [6, 6.07) is 11.5. The molecule has 23 heteroatoms. The fourth-order valence-electron chi connectivity index (χ4n) is 8.85. The van der Waals surface area contributed by atoms with Gasteiger partial charge in [-0.25, -0.2) is 28.1 Å². The summed E-state index contributed by atoms with van der Waals surface area (Å²) >= 11 is 0. The number of piperidine rings is 2. The third-order valence-electron chi connectivity index (χ3n) is 12.6. The summed E-state index contributed by atoms with van der Waals surface area (Å²) in [7, 11) is -4.26. The molecule has 2 aromatic heterocycles. The van der Waals surface area contributed by atoms with E-state index in [4.69, 9.17) is 4.74 Å².